The lowest BCUT2D eigenvalue weighted by atomic mass is 10.1. The molecule has 1 aromatic heterocycles. The molecule has 18 heavy (non-hydrogen) atoms. The minimum absolute atomic E-state index is 0.213. The summed E-state index contributed by atoms with van der Waals surface area (Å²) in [7, 11) is 0. The lowest BCUT2D eigenvalue weighted by molar-refractivity contribution is 0.102. The molecule has 1 aromatic carbocycles. The summed E-state index contributed by atoms with van der Waals surface area (Å²) >= 11 is 5.62. The van der Waals surface area contributed by atoms with E-state index in [-0.39, 0.29) is 5.91 Å². The van der Waals surface area contributed by atoms with Gasteiger partial charge in [-0.3, -0.25) is 4.79 Å². The van der Waals surface area contributed by atoms with Crippen LogP contribution in [0, 0.1) is 13.8 Å². The number of hydrogen-bond donors (Lipinski definition) is 1. The average Bonchev–Trinajstić information content (AvgIpc) is 2.35. The van der Waals surface area contributed by atoms with Crippen LogP contribution in [0.5, 0.6) is 0 Å². The van der Waals surface area contributed by atoms with Gasteiger partial charge in [-0.05, 0) is 49.2 Å². The Labute approximate surface area is 110 Å². The summed E-state index contributed by atoms with van der Waals surface area (Å²) in [4.78, 5) is 12.0. The second kappa shape index (κ2) is 5.14. The largest absolute Gasteiger partial charge is 0.305 e. The number of rotatable bonds is 2. The molecule has 1 N–H and O–H groups in total. The van der Waals surface area contributed by atoms with Crippen LogP contribution >= 0.6 is 11.6 Å². The first-order chi connectivity index (χ1) is 8.56. The third-order valence-electron chi connectivity index (χ3n) is 2.64. The van der Waals surface area contributed by atoms with Crippen LogP contribution in [0.2, 0.25) is 5.15 Å². The summed E-state index contributed by atoms with van der Waals surface area (Å²) in [6.45, 7) is 3.97. The van der Waals surface area contributed by atoms with E-state index < -0.39 is 0 Å². The highest BCUT2D eigenvalue weighted by Gasteiger charge is 2.08. The van der Waals surface area contributed by atoms with Crippen LogP contribution in [0.15, 0.2) is 30.3 Å². The van der Waals surface area contributed by atoms with E-state index in [0.717, 1.165) is 11.1 Å². The zero-order chi connectivity index (χ0) is 13.1. The Hall–Kier alpha value is -1.94. The number of benzene rings is 1. The van der Waals surface area contributed by atoms with Crippen molar-refractivity contribution in [1.29, 1.82) is 0 Å². The van der Waals surface area contributed by atoms with Gasteiger partial charge in [0.1, 0.15) is 0 Å². The Bertz CT molecular complexity index is 581. The van der Waals surface area contributed by atoms with Crippen LogP contribution in [0.1, 0.15) is 21.5 Å². The van der Waals surface area contributed by atoms with Crippen molar-refractivity contribution in [1.82, 2.24) is 10.2 Å². The molecule has 0 saturated heterocycles. The molecule has 2 aromatic rings. The lowest BCUT2D eigenvalue weighted by Gasteiger charge is -2.06. The molecule has 92 valence electrons. The summed E-state index contributed by atoms with van der Waals surface area (Å²) in [5, 5.41) is 10.4. The SMILES string of the molecule is Cc1ccc(C(=O)Nc2ccc(Cl)nn2)cc1C. The van der Waals surface area contributed by atoms with Crippen molar-refractivity contribution in [2.75, 3.05) is 5.32 Å². The molecule has 0 aliphatic rings. The fraction of sp³-hybridized carbons (Fsp3) is 0.154. The first-order valence-electron chi connectivity index (χ1n) is 5.44. The molecular formula is C13H12ClN3O. The second-order valence-corrected chi connectivity index (χ2v) is 4.38. The van der Waals surface area contributed by atoms with Crippen molar-refractivity contribution in [2.24, 2.45) is 0 Å². The smallest absolute Gasteiger partial charge is 0.256 e. The number of hydrogen-bond acceptors (Lipinski definition) is 3. The molecule has 0 aliphatic heterocycles. The molecule has 2 rings (SSSR count). The molecule has 0 spiro atoms. The van der Waals surface area contributed by atoms with E-state index in [9.17, 15) is 4.79 Å². The van der Waals surface area contributed by atoms with Crippen LogP contribution in [0.3, 0.4) is 0 Å². The van der Waals surface area contributed by atoms with Gasteiger partial charge in [-0.1, -0.05) is 17.7 Å². The Morgan fingerprint density at radius 3 is 2.50 bits per heavy atom. The van der Waals surface area contributed by atoms with Crippen molar-refractivity contribution in [3.05, 3.63) is 52.2 Å². The highest BCUT2D eigenvalue weighted by molar-refractivity contribution is 6.29. The third kappa shape index (κ3) is 2.84. The maximum Gasteiger partial charge on any atom is 0.256 e. The van der Waals surface area contributed by atoms with Crippen molar-refractivity contribution in [2.45, 2.75) is 13.8 Å². The van der Waals surface area contributed by atoms with Gasteiger partial charge in [-0.15, -0.1) is 10.2 Å². The first-order valence-corrected chi connectivity index (χ1v) is 5.82. The van der Waals surface area contributed by atoms with Gasteiger partial charge in [0, 0.05) is 5.56 Å². The fourth-order valence-electron chi connectivity index (χ4n) is 1.45. The van der Waals surface area contributed by atoms with Crippen LogP contribution in [0.25, 0.3) is 0 Å². The van der Waals surface area contributed by atoms with E-state index in [1.165, 1.54) is 0 Å². The lowest BCUT2D eigenvalue weighted by Crippen LogP contribution is -2.13. The van der Waals surface area contributed by atoms with Crippen LogP contribution < -0.4 is 5.32 Å². The van der Waals surface area contributed by atoms with E-state index >= 15 is 0 Å². The molecule has 0 fully saturated rings. The zero-order valence-corrected chi connectivity index (χ0v) is 10.8. The fourth-order valence-corrected chi connectivity index (χ4v) is 1.55. The van der Waals surface area contributed by atoms with Gasteiger partial charge < -0.3 is 5.32 Å². The Balaban J connectivity index is 2.16. The van der Waals surface area contributed by atoms with Crippen LogP contribution in [-0.4, -0.2) is 16.1 Å². The number of anilines is 1. The van der Waals surface area contributed by atoms with Crippen molar-refractivity contribution >= 4 is 23.3 Å². The molecule has 4 nitrogen and oxygen atoms in total. The van der Waals surface area contributed by atoms with Gasteiger partial charge in [0.15, 0.2) is 11.0 Å². The Morgan fingerprint density at radius 1 is 1.11 bits per heavy atom. The van der Waals surface area contributed by atoms with E-state index in [2.05, 4.69) is 15.5 Å². The highest BCUT2D eigenvalue weighted by atomic mass is 35.5. The van der Waals surface area contributed by atoms with Crippen molar-refractivity contribution in [3.8, 4) is 0 Å². The number of aryl methyl sites for hydroxylation is 2. The molecule has 0 atom stereocenters. The van der Waals surface area contributed by atoms with Gasteiger partial charge in [-0.2, -0.15) is 0 Å². The van der Waals surface area contributed by atoms with Gasteiger partial charge in [0.25, 0.3) is 5.91 Å². The van der Waals surface area contributed by atoms with Crippen LogP contribution in [-0.2, 0) is 0 Å². The standard InChI is InChI=1S/C13H12ClN3O/c1-8-3-4-10(7-9(8)2)13(18)15-12-6-5-11(14)16-17-12/h3-7H,1-2H3,(H,15,17,18). The predicted octanol–water partition coefficient (Wildman–Crippen LogP) is 3.00. The number of carbonyl (C=O) groups is 1. The Kier molecular flexibility index (Phi) is 3.58. The first kappa shape index (κ1) is 12.5. The van der Waals surface area contributed by atoms with Gasteiger partial charge in [0.05, 0.1) is 0 Å². The molecule has 0 bridgehead atoms. The molecular weight excluding hydrogens is 250 g/mol. The Morgan fingerprint density at radius 2 is 1.89 bits per heavy atom. The van der Waals surface area contributed by atoms with Gasteiger partial charge in [-0.25, -0.2) is 0 Å². The average molecular weight is 262 g/mol. The van der Waals surface area contributed by atoms with Gasteiger partial charge in [0.2, 0.25) is 0 Å². The molecule has 1 heterocycles. The normalized spacial score (nSPS) is 10.2. The highest BCUT2D eigenvalue weighted by Crippen LogP contribution is 2.12. The topological polar surface area (TPSA) is 54.9 Å². The van der Waals surface area contributed by atoms with E-state index in [0.29, 0.717) is 16.5 Å². The van der Waals surface area contributed by atoms with E-state index in [4.69, 9.17) is 11.6 Å². The number of halogens is 1. The summed E-state index contributed by atoms with van der Waals surface area (Å²) in [5.41, 5.74) is 2.82. The second-order valence-electron chi connectivity index (χ2n) is 3.99. The molecule has 5 heteroatoms. The number of carbonyl (C=O) groups excluding carboxylic acids is 1. The minimum Gasteiger partial charge on any atom is -0.305 e. The number of aromatic nitrogens is 2. The molecule has 0 saturated carbocycles. The molecule has 0 aliphatic carbocycles. The van der Waals surface area contributed by atoms with Gasteiger partial charge >= 0.3 is 0 Å². The van der Waals surface area contributed by atoms with E-state index in [1.807, 2.05) is 26.0 Å². The summed E-state index contributed by atoms with van der Waals surface area (Å²) in [6, 6.07) is 8.71. The molecule has 0 radical (unpaired) electrons. The monoisotopic (exact) mass is 261 g/mol. The number of amides is 1. The maximum atomic E-state index is 12.0. The van der Waals surface area contributed by atoms with Crippen LogP contribution in [0.4, 0.5) is 5.82 Å². The third-order valence-corrected chi connectivity index (χ3v) is 2.84. The maximum absolute atomic E-state index is 12.0. The summed E-state index contributed by atoms with van der Waals surface area (Å²) in [5.74, 6) is 0.164. The predicted molar refractivity (Wildman–Crippen MR) is 70.9 cm³/mol. The van der Waals surface area contributed by atoms with E-state index in [1.54, 1.807) is 18.2 Å². The van der Waals surface area contributed by atoms with Crippen molar-refractivity contribution < 1.29 is 4.79 Å². The van der Waals surface area contributed by atoms with Crippen molar-refractivity contribution in [3.63, 3.8) is 0 Å². The summed E-state index contributed by atoms with van der Waals surface area (Å²) < 4.78 is 0. The zero-order valence-electron chi connectivity index (χ0n) is 10.1. The quantitative estimate of drug-likeness (QED) is 0.904. The minimum atomic E-state index is -0.213. The number of nitrogens with one attached hydrogen (secondary N) is 1. The number of nitrogens with zero attached hydrogens (tertiary/aromatic N) is 2. The molecule has 0 unspecified atom stereocenters. The molecule has 1 amide bonds. The summed E-state index contributed by atoms with van der Waals surface area (Å²) in [6.07, 6.45) is 0.